The molecular weight excluding hydrogens is 338 g/mol. The van der Waals surface area contributed by atoms with Crippen molar-refractivity contribution >= 4 is 21.6 Å². The van der Waals surface area contributed by atoms with Gasteiger partial charge in [-0.05, 0) is 43.0 Å². The molecule has 3 rings (SSSR count). The molecule has 1 aliphatic heterocycles. The van der Waals surface area contributed by atoms with Crippen molar-refractivity contribution in [1.29, 1.82) is 0 Å². The Morgan fingerprint density at radius 3 is 2.40 bits per heavy atom. The van der Waals surface area contributed by atoms with Gasteiger partial charge in [0, 0.05) is 32.0 Å². The molecule has 1 fully saturated rings. The van der Waals surface area contributed by atoms with Gasteiger partial charge >= 0.3 is 0 Å². The van der Waals surface area contributed by atoms with E-state index in [-0.39, 0.29) is 10.8 Å². The summed E-state index contributed by atoms with van der Waals surface area (Å²) in [5.41, 5.74) is 2.19. The molecule has 0 radical (unpaired) electrons. The van der Waals surface area contributed by atoms with Crippen LogP contribution >= 0.6 is 0 Å². The fourth-order valence-corrected chi connectivity index (χ4v) is 4.59. The van der Waals surface area contributed by atoms with E-state index < -0.39 is 10.0 Å². The third-order valence-electron chi connectivity index (χ3n) is 4.54. The Morgan fingerprint density at radius 2 is 1.80 bits per heavy atom. The van der Waals surface area contributed by atoms with Crippen LogP contribution in [0.15, 0.2) is 41.4 Å². The molecule has 0 unspecified atom stereocenters. The lowest BCUT2D eigenvalue weighted by Gasteiger charge is -2.13. The Labute approximate surface area is 148 Å². The molecule has 2 aromatic rings. The van der Waals surface area contributed by atoms with Crippen LogP contribution in [0.4, 0.5) is 5.69 Å². The molecule has 1 saturated heterocycles. The van der Waals surface area contributed by atoms with Crippen molar-refractivity contribution in [2.24, 2.45) is 7.05 Å². The van der Waals surface area contributed by atoms with Crippen LogP contribution in [-0.4, -0.2) is 36.3 Å². The third-order valence-corrected chi connectivity index (χ3v) is 6.40. The van der Waals surface area contributed by atoms with E-state index in [1.165, 1.54) is 22.1 Å². The van der Waals surface area contributed by atoms with Crippen LogP contribution in [0, 0.1) is 0 Å². The van der Waals surface area contributed by atoms with Gasteiger partial charge in [-0.2, -0.15) is 4.31 Å². The second-order valence-electron chi connectivity index (χ2n) is 6.29. The van der Waals surface area contributed by atoms with E-state index in [2.05, 4.69) is 12.2 Å². The standard InChI is InChI=1S/C18H23N3O3S/c1-3-14-6-8-15(9-7-14)19-18(22)17-12-16(13-20(17)2)25(23,24)21-10-4-5-11-21/h6-9,12-13H,3-5,10-11H2,1-2H3,(H,19,22). The molecule has 25 heavy (non-hydrogen) atoms. The van der Waals surface area contributed by atoms with Gasteiger partial charge in [0.25, 0.3) is 5.91 Å². The number of anilines is 1. The summed E-state index contributed by atoms with van der Waals surface area (Å²) in [5, 5.41) is 2.82. The minimum Gasteiger partial charge on any atom is -0.345 e. The highest BCUT2D eigenvalue weighted by atomic mass is 32.2. The van der Waals surface area contributed by atoms with Gasteiger partial charge in [0.2, 0.25) is 10.0 Å². The van der Waals surface area contributed by atoms with Gasteiger partial charge in [0.1, 0.15) is 10.6 Å². The molecule has 1 aliphatic rings. The largest absolute Gasteiger partial charge is 0.345 e. The molecule has 1 aromatic heterocycles. The lowest BCUT2D eigenvalue weighted by molar-refractivity contribution is 0.101. The van der Waals surface area contributed by atoms with Gasteiger partial charge in [0.15, 0.2) is 0 Å². The number of carbonyl (C=O) groups is 1. The van der Waals surface area contributed by atoms with Crippen LogP contribution in [0.5, 0.6) is 0 Å². The number of rotatable bonds is 5. The smallest absolute Gasteiger partial charge is 0.272 e. The second-order valence-corrected chi connectivity index (χ2v) is 8.23. The number of benzene rings is 1. The molecular formula is C18H23N3O3S. The monoisotopic (exact) mass is 361 g/mol. The molecule has 0 bridgehead atoms. The maximum absolute atomic E-state index is 12.6. The van der Waals surface area contributed by atoms with Gasteiger partial charge in [-0.1, -0.05) is 19.1 Å². The van der Waals surface area contributed by atoms with Crippen molar-refractivity contribution in [1.82, 2.24) is 8.87 Å². The predicted molar refractivity (Wildman–Crippen MR) is 97.2 cm³/mol. The van der Waals surface area contributed by atoms with Gasteiger partial charge < -0.3 is 9.88 Å². The number of nitrogens with zero attached hydrogens (tertiary/aromatic N) is 2. The molecule has 0 aliphatic carbocycles. The zero-order valence-electron chi connectivity index (χ0n) is 14.5. The van der Waals surface area contributed by atoms with Crippen LogP contribution in [0.3, 0.4) is 0 Å². The van der Waals surface area contributed by atoms with Crippen molar-refractivity contribution in [3.05, 3.63) is 47.8 Å². The Balaban J connectivity index is 1.80. The summed E-state index contributed by atoms with van der Waals surface area (Å²) in [4.78, 5) is 12.7. The summed E-state index contributed by atoms with van der Waals surface area (Å²) in [6.07, 6.45) is 4.20. The predicted octanol–water partition coefficient (Wildman–Crippen LogP) is 2.62. The summed E-state index contributed by atoms with van der Waals surface area (Å²) >= 11 is 0. The van der Waals surface area contributed by atoms with Gasteiger partial charge in [-0.25, -0.2) is 8.42 Å². The average Bonchev–Trinajstić information content (AvgIpc) is 3.25. The first-order valence-electron chi connectivity index (χ1n) is 8.48. The highest BCUT2D eigenvalue weighted by molar-refractivity contribution is 7.89. The van der Waals surface area contributed by atoms with Gasteiger partial charge in [-0.15, -0.1) is 0 Å². The van der Waals surface area contributed by atoms with Crippen LogP contribution in [-0.2, 0) is 23.5 Å². The Bertz CT molecular complexity index is 863. The third kappa shape index (κ3) is 3.62. The number of amides is 1. The van der Waals surface area contributed by atoms with E-state index in [0.717, 1.165) is 19.3 Å². The van der Waals surface area contributed by atoms with E-state index in [1.807, 2.05) is 24.3 Å². The summed E-state index contributed by atoms with van der Waals surface area (Å²) in [6, 6.07) is 9.07. The summed E-state index contributed by atoms with van der Waals surface area (Å²) in [5.74, 6) is -0.324. The van der Waals surface area contributed by atoms with Crippen molar-refractivity contribution in [3.63, 3.8) is 0 Å². The number of aryl methyl sites for hydroxylation is 2. The number of aromatic nitrogens is 1. The zero-order valence-corrected chi connectivity index (χ0v) is 15.3. The number of hydrogen-bond acceptors (Lipinski definition) is 3. The number of carbonyl (C=O) groups excluding carboxylic acids is 1. The molecule has 0 spiro atoms. The lowest BCUT2D eigenvalue weighted by atomic mass is 10.1. The van der Waals surface area contributed by atoms with E-state index in [4.69, 9.17) is 0 Å². The van der Waals surface area contributed by atoms with Gasteiger partial charge in [-0.3, -0.25) is 4.79 Å². The lowest BCUT2D eigenvalue weighted by Crippen LogP contribution is -2.27. The van der Waals surface area contributed by atoms with Crippen molar-refractivity contribution in [2.75, 3.05) is 18.4 Å². The number of sulfonamides is 1. The highest BCUT2D eigenvalue weighted by Gasteiger charge is 2.29. The van der Waals surface area contributed by atoms with Crippen molar-refractivity contribution in [3.8, 4) is 0 Å². The van der Waals surface area contributed by atoms with E-state index >= 15 is 0 Å². The first kappa shape index (κ1) is 17.7. The maximum atomic E-state index is 12.6. The molecule has 2 heterocycles. The summed E-state index contributed by atoms with van der Waals surface area (Å²) in [6.45, 7) is 3.16. The van der Waals surface area contributed by atoms with E-state index in [0.29, 0.717) is 24.5 Å². The van der Waals surface area contributed by atoms with Crippen LogP contribution in [0.25, 0.3) is 0 Å². The molecule has 0 saturated carbocycles. The Hall–Kier alpha value is -2.12. The number of nitrogens with one attached hydrogen (secondary N) is 1. The van der Waals surface area contributed by atoms with E-state index in [9.17, 15) is 13.2 Å². The zero-order chi connectivity index (χ0) is 18.0. The summed E-state index contributed by atoms with van der Waals surface area (Å²) in [7, 11) is -1.84. The van der Waals surface area contributed by atoms with Crippen LogP contribution in [0.1, 0.15) is 35.8 Å². The highest BCUT2D eigenvalue weighted by Crippen LogP contribution is 2.23. The first-order chi connectivity index (χ1) is 11.9. The SMILES string of the molecule is CCc1ccc(NC(=O)c2cc(S(=O)(=O)N3CCCC3)cn2C)cc1. The molecule has 7 heteroatoms. The average molecular weight is 361 g/mol. The summed E-state index contributed by atoms with van der Waals surface area (Å²) < 4.78 is 28.3. The minimum absolute atomic E-state index is 0.170. The van der Waals surface area contributed by atoms with E-state index in [1.54, 1.807) is 11.6 Å². The van der Waals surface area contributed by atoms with Crippen molar-refractivity contribution < 1.29 is 13.2 Å². The molecule has 0 atom stereocenters. The molecule has 6 nitrogen and oxygen atoms in total. The van der Waals surface area contributed by atoms with Crippen LogP contribution < -0.4 is 5.32 Å². The maximum Gasteiger partial charge on any atom is 0.272 e. The fraction of sp³-hybridized carbons (Fsp3) is 0.389. The Kier molecular flexibility index (Phi) is 4.96. The Morgan fingerprint density at radius 1 is 1.16 bits per heavy atom. The normalized spacial score (nSPS) is 15.4. The fourth-order valence-electron chi connectivity index (χ4n) is 3.00. The number of hydrogen-bond donors (Lipinski definition) is 1. The molecule has 1 N–H and O–H groups in total. The van der Waals surface area contributed by atoms with Gasteiger partial charge in [0.05, 0.1) is 0 Å². The topological polar surface area (TPSA) is 71.4 Å². The minimum atomic E-state index is -3.52. The van der Waals surface area contributed by atoms with Crippen molar-refractivity contribution in [2.45, 2.75) is 31.1 Å². The second kappa shape index (κ2) is 7.01. The molecule has 1 aromatic carbocycles. The first-order valence-corrected chi connectivity index (χ1v) is 9.92. The van der Waals surface area contributed by atoms with Crippen LogP contribution in [0.2, 0.25) is 0 Å². The molecule has 1 amide bonds. The molecule has 134 valence electrons. The quantitative estimate of drug-likeness (QED) is 0.890.